The second kappa shape index (κ2) is 4.31. The van der Waals surface area contributed by atoms with Crippen molar-refractivity contribution >= 4 is 39.6 Å². The van der Waals surface area contributed by atoms with Gasteiger partial charge in [0, 0.05) is 16.7 Å². The molecule has 0 saturated heterocycles. The maximum absolute atomic E-state index is 4.62. The summed E-state index contributed by atoms with van der Waals surface area (Å²) in [7, 11) is 0. The van der Waals surface area contributed by atoms with Crippen molar-refractivity contribution in [2.75, 3.05) is 5.75 Å². The van der Waals surface area contributed by atoms with Gasteiger partial charge in [-0.3, -0.25) is 0 Å². The molecular weight excluding hydrogens is 272 g/mol. The lowest BCUT2D eigenvalue weighted by Crippen LogP contribution is -1.97. The van der Waals surface area contributed by atoms with Crippen LogP contribution in [0.4, 0.5) is 0 Å². The van der Waals surface area contributed by atoms with E-state index in [1.807, 2.05) is 30.3 Å². The normalized spacial score (nSPS) is 11.6. The van der Waals surface area contributed by atoms with Crippen molar-refractivity contribution < 1.29 is 0 Å². The van der Waals surface area contributed by atoms with Crippen LogP contribution < -0.4 is 0 Å². The van der Waals surface area contributed by atoms with E-state index in [9.17, 15) is 0 Å². The molecule has 4 rings (SSSR count). The van der Waals surface area contributed by atoms with E-state index in [4.69, 9.17) is 0 Å². The quantitative estimate of drug-likeness (QED) is 0.461. The van der Waals surface area contributed by atoms with Gasteiger partial charge in [-0.2, -0.15) is 14.6 Å². The molecule has 3 aromatic heterocycles. The Morgan fingerprint density at radius 1 is 1.30 bits per heavy atom. The lowest BCUT2D eigenvalue weighted by molar-refractivity contribution is 0.820. The number of rotatable bonds is 3. The Morgan fingerprint density at radius 2 is 2.20 bits per heavy atom. The van der Waals surface area contributed by atoms with Crippen LogP contribution in [0.3, 0.4) is 0 Å². The number of aromatic nitrogens is 6. The van der Waals surface area contributed by atoms with E-state index in [-0.39, 0.29) is 0 Å². The Morgan fingerprint density at radius 3 is 3.10 bits per heavy atom. The molecule has 1 N–H and O–H groups in total. The first kappa shape index (κ1) is 11.4. The van der Waals surface area contributed by atoms with Crippen LogP contribution in [0.2, 0.25) is 0 Å². The molecule has 4 aromatic rings. The lowest BCUT2D eigenvalue weighted by Gasteiger charge is -1.96. The fourth-order valence-electron chi connectivity index (χ4n) is 2.13. The van der Waals surface area contributed by atoms with Crippen molar-refractivity contribution in [2.24, 2.45) is 0 Å². The van der Waals surface area contributed by atoms with Crippen LogP contribution in [0.5, 0.6) is 0 Å². The van der Waals surface area contributed by atoms with E-state index in [0.717, 1.165) is 33.0 Å². The number of aromatic amines is 1. The highest BCUT2D eigenvalue weighted by Crippen LogP contribution is 2.23. The van der Waals surface area contributed by atoms with Gasteiger partial charge in [0.2, 0.25) is 5.16 Å². The van der Waals surface area contributed by atoms with Crippen molar-refractivity contribution in [2.45, 2.75) is 5.16 Å². The molecule has 20 heavy (non-hydrogen) atoms. The SMILES string of the molecule is C=CCSc1nnc2nc3[nH]c4ccccc4c3nn12. The van der Waals surface area contributed by atoms with Gasteiger partial charge in [-0.05, 0) is 6.07 Å². The van der Waals surface area contributed by atoms with Crippen LogP contribution in [0.25, 0.3) is 27.8 Å². The zero-order valence-corrected chi connectivity index (χ0v) is 11.3. The van der Waals surface area contributed by atoms with E-state index < -0.39 is 0 Å². The average Bonchev–Trinajstić information content (AvgIpc) is 3.03. The van der Waals surface area contributed by atoms with Gasteiger partial charge >= 0.3 is 0 Å². The molecule has 0 saturated carbocycles. The third-order valence-corrected chi connectivity index (χ3v) is 3.91. The number of hydrogen-bond acceptors (Lipinski definition) is 5. The van der Waals surface area contributed by atoms with Gasteiger partial charge in [0.15, 0.2) is 5.65 Å². The predicted octanol–water partition coefficient (Wildman–Crippen LogP) is 2.43. The second-order valence-corrected chi connectivity index (χ2v) is 5.26. The zero-order chi connectivity index (χ0) is 13.5. The van der Waals surface area contributed by atoms with E-state index in [1.54, 1.807) is 4.52 Å². The second-order valence-electron chi connectivity index (χ2n) is 4.27. The number of benzene rings is 1. The standard InChI is InChI=1S/C13H10N6S/c1-2-7-20-13-17-16-12-15-11-10(18-19(12)13)8-5-3-4-6-9(8)14-11/h2-6H,1,7H2,(H,14,15,16). The highest BCUT2D eigenvalue weighted by Gasteiger charge is 2.13. The summed E-state index contributed by atoms with van der Waals surface area (Å²) in [6.45, 7) is 3.70. The monoisotopic (exact) mass is 282 g/mol. The summed E-state index contributed by atoms with van der Waals surface area (Å²) < 4.78 is 1.68. The number of thioether (sulfide) groups is 1. The highest BCUT2D eigenvalue weighted by atomic mass is 32.2. The molecular formula is C13H10N6S. The molecule has 0 fully saturated rings. The summed E-state index contributed by atoms with van der Waals surface area (Å²) in [5, 5.41) is 14.6. The van der Waals surface area contributed by atoms with Gasteiger partial charge in [0.05, 0.1) is 0 Å². The van der Waals surface area contributed by atoms with Crippen molar-refractivity contribution in [3.8, 4) is 0 Å². The summed E-state index contributed by atoms with van der Waals surface area (Å²) in [5.74, 6) is 1.25. The Balaban J connectivity index is 2.02. The third-order valence-electron chi connectivity index (χ3n) is 3.00. The van der Waals surface area contributed by atoms with Gasteiger partial charge in [0.25, 0.3) is 5.78 Å². The summed E-state index contributed by atoms with van der Waals surface area (Å²) in [4.78, 5) is 7.72. The number of nitrogens with zero attached hydrogens (tertiary/aromatic N) is 5. The molecule has 98 valence electrons. The first-order valence-corrected chi connectivity index (χ1v) is 7.09. The van der Waals surface area contributed by atoms with Crippen LogP contribution in [-0.4, -0.2) is 35.5 Å². The van der Waals surface area contributed by atoms with Crippen molar-refractivity contribution in [3.05, 3.63) is 36.9 Å². The van der Waals surface area contributed by atoms with Gasteiger partial charge in [-0.25, -0.2) is 0 Å². The Labute approximate surface area is 117 Å². The molecule has 0 atom stereocenters. The third kappa shape index (κ3) is 1.60. The van der Waals surface area contributed by atoms with E-state index in [1.165, 1.54) is 11.8 Å². The molecule has 0 bridgehead atoms. The average molecular weight is 282 g/mol. The van der Waals surface area contributed by atoms with Crippen molar-refractivity contribution in [1.29, 1.82) is 0 Å². The number of para-hydroxylation sites is 1. The molecule has 0 amide bonds. The van der Waals surface area contributed by atoms with Crippen LogP contribution in [0.1, 0.15) is 0 Å². The molecule has 0 aliphatic heterocycles. The van der Waals surface area contributed by atoms with E-state index in [2.05, 4.69) is 31.8 Å². The molecule has 6 nitrogen and oxygen atoms in total. The maximum atomic E-state index is 4.62. The maximum Gasteiger partial charge on any atom is 0.274 e. The fourth-order valence-corrected chi connectivity index (χ4v) is 2.74. The summed E-state index contributed by atoms with van der Waals surface area (Å²) >= 11 is 1.53. The van der Waals surface area contributed by atoms with E-state index in [0.29, 0.717) is 5.78 Å². The minimum atomic E-state index is 0.496. The Kier molecular flexibility index (Phi) is 2.46. The number of nitrogens with one attached hydrogen (secondary N) is 1. The van der Waals surface area contributed by atoms with Crippen LogP contribution >= 0.6 is 11.8 Å². The largest absolute Gasteiger partial charge is 0.338 e. The predicted molar refractivity (Wildman–Crippen MR) is 78.9 cm³/mol. The van der Waals surface area contributed by atoms with Crippen molar-refractivity contribution in [3.63, 3.8) is 0 Å². The van der Waals surface area contributed by atoms with Gasteiger partial charge in [-0.15, -0.1) is 16.8 Å². The van der Waals surface area contributed by atoms with Crippen LogP contribution in [0.15, 0.2) is 42.1 Å². The molecule has 0 aliphatic carbocycles. The fraction of sp³-hybridized carbons (Fsp3) is 0.0769. The first-order chi connectivity index (χ1) is 9.86. The molecule has 3 heterocycles. The van der Waals surface area contributed by atoms with E-state index >= 15 is 0 Å². The Hall–Kier alpha value is -2.41. The van der Waals surface area contributed by atoms with Gasteiger partial charge in [-0.1, -0.05) is 36.0 Å². The first-order valence-electron chi connectivity index (χ1n) is 6.10. The number of H-pyrrole nitrogens is 1. The summed E-state index contributed by atoms with van der Waals surface area (Å²) in [6, 6.07) is 8.00. The lowest BCUT2D eigenvalue weighted by atomic mass is 10.2. The minimum Gasteiger partial charge on any atom is -0.338 e. The molecule has 0 unspecified atom stereocenters. The van der Waals surface area contributed by atoms with Crippen LogP contribution in [0, 0.1) is 0 Å². The number of fused-ring (bicyclic) bond motifs is 4. The van der Waals surface area contributed by atoms with Crippen LogP contribution in [-0.2, 0) is 0 Å². The molecule has 0 spiro atoms. The van der Waals surface area contributed by atoms with Gasteiger partial charge in [0.1, 0.15) is 5.52 Å². The highest BCUT2D eigenvalue weighted by molar-refractivity contribution is 7.99. The smallest absolute Gasteiger partial charge is 0.274 e. The van der Waals surface area contributed by atoms with Gasteiger partial charge < -0.3 is 4.98 Å². The molecule has 1 aromatic carbocycles. The zero-order valence-electron chi connectivity index (χ0n) is 10.4. The Bertz CT molecular complexity index is 938. The molecule has 0 aliphatic rings. The molecule has 7 heteroatoms. The molecule has 0 radical (unpaired) electrons. The summed E-state index contributed by atoms with van der Waals surface area (Å²) in [5.41, 5.74) is 2.57. The number of hydrogen-bond donors (Lipinski definition) is 1. The minimum absolute atomic E-state index is 0.496. The van der Waals surface area contributed by atoms with Crippen molar-refractivity contribution in [1.82, 2.24) is 29.8 Å². The topological polar surface area (TPSA) is 71.8 Å². The summed E-state index contributed by atoms with van der Waals surface area (Å²) in [6.07, 6.45) is 1.82.